The molecule has 0 aliphatic carbocycles. The summed E-state index contributed by atoms with van der Waals surface area (Å²) in [5.74, 6) is -1.36. The van der Waals surface area contributed by atoms with E-state index in [-0.39, 0.29) is 11.3 Å². The number of carboxylic acid groups (broad SMARTS) is 1. The van der Waals surface area contributed by atoms with Gasteiger partial charge in [-0.05, 0) is 41.6 Å². The zero-order valence-electron chi connectivity index (χ0n) is 15.9. The number of benzene rings is 4. The topological polar surface area (TPSA) is 62.5 Å². The molecule has 4 aromatic carbocycles. The van der Waals surface area contributed by atoms with E-state index in [1.54, 1.807) is 12.1 Å². The van der Waals surface area contributed by atoms with Crippen LogP contribution in [0.2, 0.25) is 0 Å². The Kier molecular flexibility index (Phi) is 3.81. The molecule has 5 rings (SSSR count). The van der Waals surface area contributed by atoms with Gasteiger partial charge in [-0.1, -0.05) is 55.5 Å². The number of rotatable bonds is 3. The number of aromatic hydroxyl groups is 1. The molecule has 0 saturated carbocycles. The first-order chi connectivity index (χ1) is 14.1. The van der Waals surface area contributed by atoms with E-state index in [1.807, 2.05) is 36.4 Å². The lowest BCUT2D eigenvalue weighted by molar-refractivity contribution is 0.0694. The van der Waals surface area contributed by atoms with Crippen molar-refractivity contribution in [1.82, 2.24) is 4.57 Å². The van der Waals surface area contributed by atoms with Crippen molar-refractivity contribution >= 4 is 38.5 Å². The maximum Gasteiger partial charge on any atom is 0.339 e. The van der Waals surface area contributed by atoms with Gasteiger partial charge < -0.3 is 14.8 Å². The molecule has 0 bridgehead atoms. The minimum absolute atomic E-state index is 0.0894. The Morgan fingerprint density at radius 1 is 0.897 bits per heavy atom. The SMILES string of the molecule is CCc1ccccc1-n1c2ccccc2c2ccc3cc(C(=O)O)c(O)cc3c21. The average molecular weight is 381 g/mol. The van der Waals surface area contributed by atoms with E-state index in [1.165, 1.54) is 5.56 Å². The summed E-state index contributed by atoms with van der Waals surface area (Å²) < 4.78 is 2.23. The van der Waals surface area contributed by atoms with E-state index < -0.39 is 5.97 Å². The molecule has 5 aromatic rings. The molecule has 142 valence electrons. The van der Waals surface area contributed by atoms with Gasteiger partial charge in [-0.25, -0.2) is 4.79 Å². The van der Waals surface area contributed by atoms with Crippen LogP contribution in [0.3, 0.4) is 0 Å². The van der Waals surface area contributed by atoms with E-state index >= 15 is 0 Å². The van der Waals surface area contributed by atoms with Crippen LogP contribution in [0, 0.1) is 0 Å². The minimum Gasteiger partial charge on any atom is -0.507 e. The van der Waals surface area contributed by atoms with Gasteiger partial charge >= 0.3 is 5.97 Å². The van der Waals surface area contributed by atoms with E-state index in [2.05, 4.69) is 35.8 Å². The van der Waals surface area contributed by atoms with Crippen LogP contribution in [-0.2, 0) is 6.42 Å². The molecular weight excluding hydrogens is 362 g/mol. The van der Waals surface area contributed by atoms with Crippen molar-refractivity contribution in [1.29, 1.82) is 0 Å². The molecule has 0 saturated heterocycles. The van der Waals surface area contributed by atoms with Crippen LogP contribution in [0.15, 0.2) is 72.8 Å². The lowest BCUT2D eigenvalue weighted by Gasteiger charge is -2.14. The zero-order valence-corrected chi connectivity index (χ0v) is 15.9. The highest BCUT2D eigenvalue weighted by atomic mass is 16.4. The molecule has 2 N–H and O–H groups in total. The quantitative estimate of drug-likeness (QED) is 0.409. The third-order valence-corrected chi connectivity index (χ3v) is 5.61. The lowest BCUT2D eigenvalue weighted by Crippen LogP contribution is -2.00. The van der Waals surface area contributed by atoms with E-state index in [9.17, 15) is 15.0 Å². The largest absolute Gasteiger partial charge is 0.507 e. The zero-order chi connectivity index (χ0) is 20.1. The number of carbonyl (C=O) groups is 1. The summed E-state index contributed by atoms with van der Waals surface area (Å²) in [6.45, 7) is 2.13. The van der Waals surface area contributed by atoms with Crippen LogP contribution in [0.25, 0.3) is 38.3 Å². The van der Waals surface area contributed by atoms with Gasteiger partial charge in [0, 0.05) is 21.8 Å². The van der Waals surface area contributed by atoms with Gasteiger partial charge in [0.1, 0.15) is 11.3 Å². The Balaban J connectivity index is 2.02. The summed E-state index contributed by atoms with van der Waals surface area (Å²) in [5.41, 5.74) is 4.28. The number of aryl methyl sites for hydroxylation is 1. The number of nitrogens with zero attached hydrogens (tertiary/aromatic N) is 1. The molecule has 29 heavy (non-hydrogen) atoms. The molecule has 0 unspecified atom stereocenters. The van der Waals surface area contributed by atoms with Gasteiger partial charge in [-0.3, -0.25) is 0 Å². The third-order valence-electron chi connectivity index (χ3n) is 5.61. The fourth-order valence-corrected chi connectivity index (χ4v) is 4.27. The molecule has 1 aromatic heterocycles. The smallest absolute Gasteiger partial charge is 0.339 e. The molecule has 0 radical (unpaired) electrons. The van der Waals surface area contributed by atoms with Crippen molar-refractivity contribution in [2.75, 3.05) is 0 Å². The number of hydrogen-bond donors (Lipinski definition) is 2. The predicted molar refractivity (Wildman–Crippen MR) is 116 cm³/mol. The molecule has 0 fully saturated rings. The number of hydrogen-bond acceptors (Lipinski definition) is 2. The lowest BCUT2D eigenvalue weighted by atomic mass is 10.0. The van der Waals surface area contributed by atoms with Gasteiger partial charge in [0.2, 0.25) is 0 Å². The summed E-state index contributed by atoms with van der Waals surface area (Å²) in [6, 6.07) is 23.6. The first-order valence-electron chi connectivity index (χ1n) is 9.60. The Morgan fingerprint density at radius 2 is 1.66 bits per heavy atom. The monoisotopic (exact) mass is 381 g/mol. The summed E-state index contributed by atoms with van der Waals surface area (Å²) in [5, 5.41) is 23.6. The van der Waals surface area contributed by atoms with E-state index in [4.69, 9.17) is 0 Å². The number of fused-ring (bicyclic) bond motifs is 5. The van der Waals surface area contributed by atoms with E-state index in [0.717, 1.165) is 44.7 Å². The Hall–Kier alpha value is -3.79. The number of para-hydroxylation sites is 2. The number of aromatic carboxylic acids is 1. The third kappa shape index (κ3) is 2.49. The normalized spacial score (nSPS) is 11.5. The maximum absolute atomic E-state index is 11.5. The molecule has 0 atom stereocenters. The van der Waals surface area contributed by atoms with Crippen LogP contribution in [0.1, 0.15) is 22.8 Å². The second-order valence-electron chi connectivity index (χ2n) is 7.19. The van der Waals surface area contributed by atoms with Crippen molar-refractivity contribution in [3.8, 4) is 11.4 Å². The fourth-order valence-electron chi connectivity index (χ4n) is 4.27. The van der Waals surface area contributed by atoms with Gasteiger partial charge in [-0.2, -0.15) is 0 Å². The van der Waals surface area contributed by atoms with Crippen molar-refractivity contribution < 1.29 is 15.0 Å². The molecular formula is C25H19NO3. The number of carboxylic acids is 1. The van der Waals surface area contributed by atoms with Gasteiger partial charge in [0.05, 0.1) is 11.0 Å². The van der Waals surface area contributed by atoms with Gasteiger partial charge in [0.25, 0.3) is 0 Å². The highest BCUT2D eigenvalue weighted by Gasteiger charge is 2.18. The highest BCUT2D eigenvalue weighted by Crippen LogP contribution is 2.39. The molecule has 0 spiro atoms. The van der Waals surface area contributed by atoms with Crippen LogP contribution in [0.5, 0.6) is 5.75 Å². The summed E-state index contributed by atoms with van der Waals surface area (Å²) in [4.78, 5) is 11.5. The standard InChI is InChI=1S/C25H19NO3/c1-2-15-7-3-5-9-21(15)26-22-10-6-4-8-17(22)18-12-11-16-13-20(25(28)29)23(27)14-19(16)24(18)26/h3-14,27H,2H2,1H3,(H,28,29). The molecule has 0 aliphatic heterocycles. The van der Waals surface area contributed by atoms with Crippen molar-refractivity contribution in [3.63, 3.8) is 0 Å². The van der Waals surface area contributed by atoms with Gasteiger partial charge in [0.15, 0.2) is 0 Å². The molecule has 4 nitrogen and oxygen atoms in total. The van der Waals surface area contributed by atoms with Crippen LogP contribution < -0.4 is 0 Å². The second kappa shape index (κ2) is 6.38. The van der Waals surface area contributed by atoms with E-state index in [0.29, 0.717) is 0 Å². The summed E-state index contributed by atoms with van der Waals surface area (Å²) in [7, 11) is 0. The number of phenols is 1. The Bertz CT molecular complexity index is 1430. The van der Waals surface area contributed by atoms with Crippen molar-refractivity contribution in [3.05, 3.63) is 83.9 Å². The van der Waals surface area contributed by atoms with Crippen LogP contribution >= 0.6 is 0 Å². The highest BCUT2D eigenvalue weighted by molar-refractivity contribution is 6.19. The Morgan fingerprint density at radius 3 is 2.45 bits per heavy atom. The second-order valence-corrected chi connectivity index (χ2v) is 7.19. The minimum atomic E-state index is -1.14. The Labute approximate surface area is 167 Å². The molecule has 1 heterocycles. The molecule has 4 heteroatoms. The fraction of sp³-hybridized carbons (Fsp3) is 0.0800. The average Bonchev–Trinajstić information content (AvgIpc) is 3.08. The van der Waals surface area contributed by atoms with Crippen LogP contribution in [0.4, 0.5) is 0 Å². The van der Waals surface area contributed by atoms with Crippen molar-refractivity contribution in [2.24, 2.45) is 0 Å². The molecule has 0 aliphatic rings. The van der Waals surface area contributed by atoms with Crippen molar-refractivity contribution in [2.45, 2.75) is 13.3 Å². The summed E-state index contributed by atoms with van der Waals surface area (Å²) in [6.07, 6.45) is 0.892. The maximum atomic E-state index is 11.5. The predicted octanol–water partition coefficient (Wildman–Crippen LogP) is 5.90. The van der Waals surface area contributed by atoms with Crippen LogP contribution in [-0.4, -0.2) is 20.7 Å². The summed E-state index contributed by atoms with van der Waals surface area (Å²) >= 11 is 0. The molecule has 0 amide bonds. The van der Waals surface area contributed by atoms with Gasteiger partial charge in [-0.15, -0.1) is 0 Å². The first kappa shape index (κ1) is 17.3. The number of aromatic nitrogens is 1. The first-order valence-corrected chi connectivity index (χ1v) is 9.60.